The summed E-state index contributed by atoms with van der Waals surface area (Å²) >= 11 is 7.42. The van der Waals surface area contributed by atoms with Crippen LogP contribution in [0.1, 0.15) is 43.2 Å². The van der Waals surface area contributed by atoms with Crippen LogP contribution in [0.25, 0.3) is 10.2 Å². The van der Waals surface area contributed by atoms with Crippen LogP contribution in [-0.4, -0.2) is 9.97 Å². The van der Waals surface area contributed by atoms with Crippen LogP contribution in [-0.2, 0) is 19.0 Å². The minimum atomic E-state index is -4.52. The summed E-state index contributed by atoms with van der Waals surface area (Å²) in [4.78, 5) is 10.7. The fourth-order valence-corrected chi connectivity index (χ4v) is 5.37. The number of rotatable bonds is 2. The summed E-state index contributed by atoms with van der Waals surface area (Å²) in [7, 11) is 0. The second kappa shape index (κ2) is 7.13. The van der Waals surface area contributed by atoms with Gasteiger partial charge in [0, 0.05) is 9.90 Å². The molecule has 29 heavy (non-hydrogen) atoms. The predicted molar refractivity (Wildman–Crippen MR) is 112 cm³/mol. The molecule has 154 valence electrons. The Bertz CT molecular complexity index is 1070. The smallest absolute Gasteiger partial charge is 0.339 e. The van der Waals surface area contributed by atoms with Gasteiger partial charge in [0.15, 0.2) is 0 Å². The van der Waals surface area contributed by atoms with Gasteiger partial charge in [-0.15, -0.1) is 11.3 Å². The summed E-state index contributed by atoms with van der Waals surface area (Å²) < 4.78 is 40.5. The normalized spacial score (nSPS) is 17.4. The second-order valence-electron chi connectivity index (χ2n) is 8.52. The van der Waals surface area contributed by atoms with Gasteiger partial charge in [0.1, 0.15) is 17.0 Å². The summed E-state index contributed by atoms with van der Waals surface area (Å²) in [5.41, 5.74) is 0.501. The van der Waals surface area contributed by atoms with E-state index in [1.807, 2.05) is 0 Å². The average Bonchev–Trinajstić information content (AvgIpc) is 3.00. The zero-order chi connectivity index (χ0) is 21.0. The molecule has 0 bridgehead atoms. The first-order chi connectivity index (χ1) is 13.5. The van der Waals surface area contributed by atoms with Crippen molar-refractivity contribution in [3.8, 4) is 0 Å². The third-order valence-corrected chi connectivity index (χ3v) is 7.01. The van der Waals surface area contributed by atoms with Crippen LogP contribution >= 0.6 is 22.9 Å². The number of anilines is 2. The van der Waals surface area contributed by atoms with E-state index in [1.54, 1.807) is 11.3 Å². The summed E-state index contributed by atoms with van der Waals surface area (Å²) in [6, 6.07) is 3.71. The first kappa shape index (κ1) is 20.4. The topological polar surface area (TPSA) is 37.8 Å². The Morgan fingerprint density at radius 1 is 1.17 bits per heavy atom. The van der Waals surface area contributed by atoms with Crippen LogP contribution in [0.4, 0.5) is 24.7 Å². The first-order valence-electron chi connectivity index (χ1n) is 9.43. The second-order valence-corrected chi connectivity index (χ2v) is 10.0. The third-order valence-electron chi connectivity index (χ3n) is 5.61. The van der Waals surface area contributed by atoms with Crippen LogP contribution in [0.3, 0.4) is 0 Å². The zero-order valence-electron chi connectivity index (χ0n) is 16.3. The van der Waals surface area contributed by atoms with Crippen molar-refractivity contribution in [2.24, 2.45) is 11.3 Å². The van der Waals surface area contributed by atoms with E-state index in [4.69, 9.17) is 11.6 Å². The fourth-order valence-electron chi connectivity index (χ4n) is 3.93. The molecule has 0 amide bonds. The molecule has 1 atom stereocenters. The van der Waals surface area contributed by atoms with Gasteiger partial charge in [0.25, 0.3) is 0 Å². The van der Waals surface area contributed by atoms with Crippen molar-refractivity contribution in [1.29, 1.82) is 0 Å². The van der Waals surface area contributed by atoms with Gasteiger partial charge in [-0.1, -0.05) is 32.4 Å². The minimum absolute atomic E-state index is 0.0387. The van der Waals surface area contributed by atoms with Crippen LogP contribution in [0, 0.1) is 11.3 Å². The molecular weight excluding hydrogens is 419 g/mol. The molecule has 8 heteroatoms. The van der Waals surface area contributed by atoms with Gasteiger partial charge in [-0.05, 0) is 54.4 Å². The van der Waals surface area contributed by atoms with Gasteiger partial charge >= 0.3 is 6.18 Å². The SMILES string of the molecule is CC(C)(C)C1CCc2c(sc3ncnc(Nc4ccc(Cl)cc4C(F)(F)F)c23)C1. The molecule has 1 N–H and O–H groups in total. The lowest BCUT2D eigenvalue weighted by Crippen LogP contribution is -2.26. The number of benzene rings is 1. The molecule has 0 spiro atoms. The molecule has 2 heterocycles. The molecule has 0 fully saturated rings. The Labute approximate surface area is 176 Å². The molecule has 3 aromatic rings. The number of thiophene rings is 1. The molecule has 0 saturated heterocycles. The highest BCUT2D eigenvalue weighted by molar-refractivity contribution is 7.19. The van der Waals surface area contributed by atoms with E-state index >= 15 is 0 Å². The van der Waals surface area contributed by atoms with E-state index in [2.05, 4.69) is 36.1 Å². The van der Waals surface area contributed by atoms with E-state index in [1.165, 1.54) is 23.3 Å². The maximum absolute atomic E-state index is 13.5. The molecule has 1 aliphatic carbocycles. The molecule has 0 aliphatic heterocycles. The zero-order valence-corrected chi connectivity index (χ0v) is 17.9. The molecule has 0 saturated carbocycles. The van der Waals surface area contributed by atoms with E-state index in [0.29, 0.717) is 11.7 Å². The quantitative estimate of drug-likeness (QED) is 0.456. The van der Waals surface area contributed by atoms with E-state index in [9.17, 15) is 13.2 Å². The molecule has 1 aromatic carbocycles. The van der Waals surface area contributed by atoms with Crippen LogP contribution in [0.5, 0.6) is 0 Å². The molecule has 2 aromatic heterocycles. The Hall–Kier alpha value is -1.86. The van der Waals surface area contributed by atoms with Gasteiger partial charge in [-0.3, -0.25) is 0 Å². The first-order valence-corrected chi connectivity index (χ1v) is 10.6. The van der Waals surface area contributed by atoms with Crippen molar-refractivity contribution < 1.29 is 13.2 Å². The number of alkyl halides is 3. The maximum Gasteiger partial charge on any atom is 0.418 e. The molecule has 4 rings (SSSR count). The minimum Gasteiger partial charge on any atom is -0.339 e. The summed E-state index contributed by atoms with van der Waals surface area (Å²) in [6.45, 7) is 6.76. The van der Waals surface area contributed by atoms with Gasteiger partial charge in [-0.2, -0.15) is 13.2 Å². The highest BCUT2D eigenvalue weighted by atomic mass is 35.5. The van der Waals surface area contributed by atoms with Crippen molar-refractivity contribution in [3.05, 3.63) is 45.6 Å². The number of fused-ring (bicyclic) bond motifs is 3. The number of aryl methyl sites for hydroxylation is 1. The third kappa shape index (κ3) is 3.94. The van der Waals surface area contributed by atoms with Crippen molar-refractivity contribution in [1.82, 2.24) is 9.97 Å². The van der Waals surface area contributed by atoms with E-state index in [-0.39, 0.29) is 16.1 Å². The predicted octanol–water partition coefficient (Wildman–Crippen LogP) is 7.26. The van der Waals surface area contributed by atoms with Crippen molar-refractivity contribution >= 4 is 44.7 Å². The van der Waals surface area contributed by atoms with Gasteiger partial charge in [-0.25, -0.2) is 9.97 Å². The molecule has 1 unspecified atom stereocenters. The van der Waals surface area contributed by atoms with Gasteiger partial charge in [0.2, 0.25) is 0 Å². The number of nitrogens with zero attached hydrogens (tertiary/aromatic N) is 2. The largest absolute Gasteiger partial charge is 0.418 e. The Morgan fingerprint density at radius 2 is 1.93 bits per heavy atom. The highest BCUT2D eigenvalue weighted by Crippen LogP contribution is 2.45. The lowest BCUT2D eigenvalue weighted by molar-refractivity contribution is -0.136. The molecule has 3 nitrogen and oxygen atoms in total. The number of halogens is 4. The van der Waals surface area contributed by atoms with Crippen molar-refractivity contribution in [2.75, 3.05) is 5.32 Å². The van der Waals surface area contributed by atoms with Crippen molar-refractivity contribution in [2.45, 2.75) is 46.2 Å². The fraction of sp³-hybridized carbons (Fsp3) is 0.429. The molecular formula is C21H21ClF3N3S. The molecule has 1 aliphatic rings. The van der Waals surface area contributed by atoms with Crippen molar-refractivity contribution in [3.63, 3.8) is 0 Å². The van der Waals surface area contributed by atoms with E-state index in [0.717, 1.165) is 41.1 Å². The van der Waals surface area contributed by atoms with Crippen LogP contribution in [0.15, 0.2) is 24.5 Å². The summed E-state index contributed by atoms with van der Waals surface area (Å²) in [5, 5.41) is 3.78. The summed E-state index contributed by atoms with van der Waals surface area (Å²) in [5.74, 6) is 0.982. The lowest BCUT2D eigenvalue weighted by atomic mass is 9.72. The van der Waals surface area contributed by atoms with Crippen LogP contribution < -0.4 is 5.32 Å². The maximum atomic E-state index is 13.5. The average molecular weight is 440 g/mol. The monoisotopic (exact) mass is 439 g/mol. The Balaban J connectivity index is 1.77. The lowest BCUT2D eigenvalue weighted by Gasteiger charge is -2.33. The number of aromatic nitrogens is 2. The number of hydrogen-bond acceptors (Lipinski definition) is 4. The highest BCUT2D eigenvalue weighted by Gasteiger charge is 2.35. The standard InChI is InChI=1S/C21H21ClF3N3S/c1-20(2,3)11-4-6-13-16(8-11)29-19-17(13)18(26-10-27-19)28-15-7-5-12(22)9-14(15)21(23,24)25/h5,7,9-11H,4,6,8H2,1-3H3,(H,26,27,28). The van der Waals surface area contributed by atoms with Crippen LogP contribution in [0.2, 0.25) is 5.02 Å². The Kier molecular flexibility index (Phi) is 5.02. The number of hydrogen-bond donors (Lipinski definition) is 1. The van der Waals surface area contributed by atoms with E-state index < -0.39 is 11.7 Å². The number of nitrogens with one attached hydrogen (secondary N) is 1. The van der Waals surface area contributed by atoms with Gasteiger partial charge in [0.05, 0.1) is 16.6 Å². The molecule has 0 radical (unpaired) electrons. The summed E-state index contributed by atoms with van der Waals surface area (Å²) in [6.07, 6.45) is -0.226. The Morgan fingerprint density at radius 3 is 2.62 bits per heavy atom. The van der Waals surface area contributed by atoms with Gasteiger partial charge < -0.3 is 5.32 Å².